The number of amides is 1. The van der Waals surface area contributed by atoms with Crippen molar-refractivity contribution < 1.29 is 4.79 Å². The lowest BCUT2D eigenvalue weighted by molar-refractivity contribution is 0.0936. The zero-order valence-corrected chi connectivity index (χ0v) is 12.3. The molecule has 2 atom stereocenters. The number of thiophene rings is 1. The van der Waals surface area contributed by atoms with Crippen LogP contribution in [0.4, 0.5) is 0 Å². The number of halogens is 1. The van der Waals surface area contributed by atoms with Gasteiger partial charge in [-0.2, -0.15) is 11.3 Å². The van der Waals surface area contributed by atoms with Gasteiger partial charge in [0.05, 0.1) is 5.56 Å². The molecule has 1 heterocycles. The molecule has 1 aromatic heterocycles. The summed E-state index contributed by atoms with van der Waals surface area (Å²) in [5.41, 5.74) is 1.88. The molecule has 0 aliphatic heterocycles. The first-order valence-corrected chi connectivity index (χ1v) is 8.07. The van der Waals surface area contributed by atoms with E-state index in [1.807, 2.05) is 17.7 Å². The Morgan fingerprint density at radius 3 is 2.72 bits per heavy atom. The van der Waals surface area contributed by atoms with Crippen molar-refractivity contribution in [2.45, 2.75) is 32.6 Å². The molecule has 100 valence electrons. The van der Waals surface area contributed by atoms with Crippen molar-refractivity contribution in [3.8, 4) is 0 Å². The Hall–Kier alpha value is -0.540. The molecule has 1 N–H and O–H groups in total. The SMILES string of the molecule is Cc1cscc1C(=O)NCC1CCCCC1CCl. The summed E-state index contributed by atoms with van der Waals surface area (Å²) in [6.45, 7) is 2.75. The van der Waals surface area contributed by atoms with E-state index in [4.69, 9.17) is 11.6 Å². The second-order valence-corrected chi connectivity index (χ2v) is 6.19. The van der Waals surface area contributed by atoms with E-state index in [9.17, 15) is 4.79 Å². The van der Waals surface area contributed by atoms with Crippen molar-refractivity contribution in [2.75, 3.05) is 12.4 Å². The topological polar surface area (TPSA) is 29.1 Å². The highest BCUT2D eigenvalue weighted by atomic mass is 35.5. The number of carbonyl (C=O) groups is 1. The Bertz CT molecular complexity index is 404. The van der Waals surface area contributed by atoms with Crippen molar-refractivity contribution in [3.63, 3.8) is 0 Å². The average molecular weight is 286 g/mol. The Morgan fingerprint density at radius 2 is 2.11 bits per heavy atom. The number of hydrogen-bond acceptors (Lipinski definition) is 2. The summed E-state index contributed by atoms with van der Waals surface area (Å²) in [5, 5.41) is 7.00. The first kappa shape index (κ1) is 13.9. The smallest absolute Gasteiger partial charge is 0.252 e. The van der Waals surface area contributed by atoms with Gasteiger partial charge in [-0.25, -0.2) is 0 Å². The summed E-state index contributed by atoms with van der Waals surface area (Å²) in [4.78, 5) is 12.0. The fourth-order valence-corrected chi connectivity index (χ4v) is 3.90. The third-order valence-corrected chi connectivity index (χ3v) is 5.15. The molecule has 0 bridgehead atoms. The molecular weight excluding hydrogens is 266 g/mol. The molecule has 0 spiro atoms. The third-order valence-electron chi connectivity index (χ3n) is 3.89. The highest BCUT2D eigenvalue weighted by Crippen LogP contribution is 2.30. The molecule has 1 amide bonds. The normalized spacial score (nSPS) is 23.9. The summed E-state index contributed by atoms with van der Waals surface area (Å²) in [6, 6.07) is 0. The standard InChI is InChI=1S/C14H20ClNOS/c1-10-8-18-9-13(10)14(17)16-7-12-5-3-2-4-11(12)6-15/h8-9,11-12H,2-7H2,1H3,(H,16,17). The van der Waals surface area contributed by atoms with Crippen LogP contribution in [0.15, 0.2) is 10.8 Å². The van der Waals surface area contributed by atoms with Crippen LogP contribution in [-0.2, 0) is 0 Å². The quantitative estimate of drug-likeness (QED) is 0.837. The lowest BCUT2D eigenvalue weighted by Gasteiger charge is -2.30. The van der Waals surface area contributed by atoms with Crippen LogP contribution in [0.5, 0.6) is 0 Å². The molecule has 0 radical (unpaired) electrons. The van der Waals surface area contributed by atoms with Gasteiger partial charge in [-0.15, -0.1) is 11.6 Å². The fourth-order valence-electron chi connectivity index (χ4n) is 2.67. The van der Waals surface area contributed by atoms with Crippen molar-refractivity contribution in [1.82, 2.24) is 5.32 Å². The predicted molar refractivity (Wildman–Crippen MR) is 77.6 cm³/mol. The molecule has 18 heavy (non-hydrogen) atoms. The van der Waals surface area contributed by atoms with Gasteiger partial charge in [0.2, 0.25) is 0 Å². The minimum atomic E-state index is 0.0626. The predicted octanol–water partition coefficient (Wildman–Crippen LogP) is 3.83. The average Bonchev–Trinajstić information content (AvgIpc) is 2.82. The zero-order chi connectivity index (χ0) is 13.0. The highest BCUT2D eigenvalue weighted by molar-refractivity contribution is 7.08. The number of aryl methyl sites for hydroxylation is 1. The van der Waals surface area contributed by atoms with E-state index in [2.05, 4.69) is 5.32 Å². The minimum Gasteiger partial charge on any atom is -0.352 e. The highest BCUT2D eigenvalue weighted by Gasteiger charge is 2.24. The van der Waals surface area contributed by atoms with Crippen LogP contribution in [0.1, 0.15) is 41.6 Å². The van der Waals surface area contributed by atoms with Gasteiger partial charge in [0, 0.05) is 17.8 Å². The van der Waals surface area contributed by atoms with Crippen molar-refractivity contribution in [2.24, 2.45) is 11.8 Å². The fraction of sp³-hybridized carbons (Fsp3) is 0.643. The molecule has 1 saturated carbocycles. The molecule has 2 rings (SSSR count). The van der Waals surface area contributed by atoms with E-state index < -0.39 is 0 Å². The van der Waals surface area contributed by atoms with Crippen molar-refractivity contribution in [1.29, 1.82) is 0 Å². The minimum absolute atomic E-state index is 0.0626. The number of carbonyl (C=O) groups excluding carboxylic acids is 1. The van der Waals surface area contributed by atoms with Gasteiger partial charge in [-0.05, 0) is 42.5 Å². The van der Waals surface area contributed by atoms with Gasteiger partial charge < -0.3 is 5.32 Å². The Kier molecular flexibility index (Phi) is 5.07. The van der Waals surface area contributed by atoms with Crippen LogP contribution in [0.25, 0.3) is 0 Å². The molecule has 1 aliphatic rings. The Morgan fingerprint density at radius 1 is 1.39 bits per heavy atom. The van der Waals surface area contributed by atoms with Gasteiger partial charge in [0.1, 0.15) is 0 Å². The lowest BCUT2D eigenvalue weighted by Crippen LogP contribution is -2.34. The van der Waals surface area contributed by atoms with Crippen LogP contribution in [-0.4, -0.2) is 18.3 Å². The number of alkyl halides is 1. The Labute approximate surface area is 118 Å². The van der Waals surface area contributed by atoms with E-state index in [-0.39, 0.29) is 5.91 Å². The molecule has 1 aliphatic carbocycles. The zero-order valence-electron chi connectivity index (χ0n) is 10.7. The van der Waals surface area contributed by atoms with Gasteiger partial charge in [0.15, 0.2) is 0 Å². The summed E-state index contributed by atoms with van der Waals surface area (Å²) in [6.07, 6.45) is 4.96. The molecular formula is C14H20ClNOS. The van der Waals surface area contributed by atoms with Crippen LogP contribution in [0, 0.1) is 18.8 Å². The van der Waals surface area contributed by atoms with E-state index in [1.165, 1.54) is 25.7 Å². The molecule has 4 heteroatoms. The molecule has 2 nitrogen and oxygen atoms in total. The maximum atomic E-state index is 12.0. The Balaban J connectivity index is 1.87. The monoisotopic (exact) mass is 285 g/mol. The largest absolute Gasteiger partial charge is 0.352 e. The van der Waals surface area contributed by atoms with E-state index >= 15 is 0 Å². The number of nitrogens with one attached hydrogen (secondary N) is 1. The first-order chi connectivity index (χ1) is 8.72. The van der Waals surface area contributed by atoms with E-state index in [0.29, 0.717) is 11.8 Å². The summed E-state index contributed by atoms with van der Waals surface area (Å²) < 4.78 is 0. The van der Waals surface area contributed by atoms with Crippen LogP contribution < -0.4 is 5.32 Å². The lowest BCUT2D eigenvalue weighted by atomic mass is 9.80. The molecule has 0 saturated heterocycles. The van der Waals surface area contributed by atoms with Gasteiger partial charge >= 0.3 is 0 Å². The summed E-state index contributed by atoms with van der Waals surface area (Å²) in [5.74, 6) is 1.91. The molecule has 1 fully saturated rings. The molecule has 2 unspecified atom stereocenters. The maximum Gasteiger partial charge on any atom is 0.252 e. The summed E-state index contributed by atoms with van der Waals surface area (Å²) >= 11 is 7.58. The van der Waals surface area contributed by atoms with Gasteiger partial charge in [0.25, 0.3) is 5.91 Å². The van der Waals surface area contributed by atoms with Crippen LogP contribution in [0.3, 0.4) is 0 Å². The maximum absolute atomic E-state index is 12.0. The molecule has 0 aromatic carbocycles. The van der Waals surface area contributed by atoms with Gasteiger partial charge in [-0.3, -0.25) is 4.79 Å². The van der Waals surface area contributed by atoms with Gasteiger partial charge in [-0.1, -0.05) is 12.8 Å². The van der Waals surface area contributed by atoms with Crippen LogP contribution in [0.2, 0.25) is 0 Å². The second kappa shape index (κ2) is 6.58. The second-order valence-electron chi connectivity index (χ2n) is 5.14. The van der Waals surface area contributed by atoms with Crippen molar-refractivity contribution in [3.05, 3.63) is 21.9 Å². The molecule has 1 aromatic rings. The van der Waals surface area contributed by atoms with Crippen molar-refractivity contribution >= 4 is 28.8 Å². The van der Waals surface area contributed by atoms with E-state index in [0.717, 1.165) is 23.6 Å². The number of hydrogen-bond donors (Lipinski definition) is 1. The van der Waals surface area contributed by atoms with Crippen LogP contribution >= 0.6 is 22.9 Å². The number of rotatable bonds is 4. The first-order valence-electron chi connectivity index (χ1n) is 6.59. The summed E-state index contributed by atoms with van der Waals surface area (Å²) in [7, 11) is 0. The third kappa shape index (κ3) is 3.27. The van der Waals surface area contributed by atoms with E-state index in [1.54, 1.807) is 11.3 Å².